The van der Waals surface area contributed by atoms with Crippen LogP contribution in [0.4, 0.5) is 0 Å². The minimum Gasteiger partial charge on any atom is -0.301 e. The van der Waals surface area contributed by atoms with Crippen molar-refractivity contribution < 1.29 is 0 Å². The van der Waals surface area contributed by atoms with E-state index in [1.165, 1.54) is 65.3 Å². The van der Waals surface area contributed by atoms with E-state index in [9.17, 15) is 0 Å². The first kappa shape index (κ1) is 13.9. The largest absolute Gasteiger partial charge is 0.301 e. The highest BCUT2D eigenvalue weighted by molar-refractivity contribution is 4.70. The third kappa shape index (κ3) is 4.81. The predicted molar refractivity (Wildman–Crippen MR) is 71.0 cm³/mol. The van der Waals surface area contributed by atoms with Crippen LogP contribution in [0.15, 0.2) is 0 Å². The van der Waals surface area contributed by atoms with Crippen molar-refractivity contribution in [2.75, 3.05) is 58.9 Å². The van der Waals surface area contributed by atoms with Gasteiger partial charge in [0.15, 0.2) is 0 Å². The van der Waals surface area contributed by atoms with Crippen molar-refractivity contribution in [3.8, 4) is 0 Å². The highest BCUT2D eigenvalue weighted by Crippen LogP contribution is 2.00. The molecule has 3 nitrogen and oxygen atoms in total. The van der Waals surface area contributed by atoms with Gasteiger partial charge in [-0.3, -0.25) is 0 Å². The van der Waals surface area contributed by atoms with Crippen LogP contribution in [0.5, 0.6) is 0 Å². The average Bonchev–Trinajstić information content (AvgIpc) is 2.40. The number of hydrogen-bond donors (Lipinski definition) is 0. The van der Waals surface area contributed by atoms with E-state index in [0.717, 1.165) is 0 Å². The molecular weight excluding hydrogens is 198 g/mol. The van der Waals surface area contributed by atoms with Gasteiger partial charge in [0.2, 0.25) is 0 Å². The van der Waals surface area contributed by atoms with Crippen LogP contribution >= 0.6 is 0 Å². The molecule has 0 bridgehead atoms. The van der Waals surface area contributed by atoms with E-state index in [1.807, 2.05) is 0 Å². The average molecular weight is 227 g/mol. The van der Waals surface area contributed by atoms with Gasteiger partial charge in [-0.25, -0.2) is 0 Å². The topological polar surface area (TPSA) is 9.72 Å². The van der Waals surface area contributed by atoms with Gasteiger partial charge in [-0.05, 0) is 26.1 Å². The van der Waals surface area contributed by atoms with Crippen molar-refractivity contribution in [1.29, 1.82) is 0 Å². The Kier molecular flexibility index (Phi) is 7.01. The fourth-order valence-corrected chi connectivity index (χ4v) is 2.36. The summed E-state index contributed by atoms with van der Waals surface area (Å²) in [5.74, 6) is 0. The number of rotatable bonds is 4. The van der Waals surface area contributed by atoms with Gasteiger partial charge in [0.1, 0.15) is 0 Å². The molecule has 0 spiro atoms. The van der Waals surface area contributed by atoms with E-state index in [-0.39, 0.29) is 0 Å². The lowest BCUT2D eigenvalue weighted by Gasteiger charge is -2.24. The van der Waals surface area contributed by atoms with Crippen LogP contribution in [-0.4, -0.2) is 73.6 Å². The van der Waals surface area contributed by atoms with E-state index >= 15 is 0 Å². The Morgan fingerprint density at radius 2 is 1.00 bits per heavy atom. The normalized spacial score (nSPS) is 22.7. The molecule has 1 saturated heterocycles. The van der Waals surface area contributed by atoms with Crippen molar-refractivity contribution in [2.45, 2.75) is 27.2 Å². The molecule has 16 heavy (non-hydrogen) atoms. The van der Waals surface area contributed by atoms with E-state index in [4.69, 9.17) is 0 Å². The molecule has 0 aromatic heterocycles. The monoisotopic (exact) mass is 227 g/mol. The fraction of sp³-hybridized carbons (Fsp3) is 1.00. The molecule has 1 rings (SSSR count). The van der Waals surface area contributed by atoms with Gasteiger partial charge in [-0.1, -0.05) is 20.8 Å². The molecule has 1 heterocycles. The summed E-state index contributed by atoms with van der Waals surface area (Å²) in [6, 6.07) is 0. The van der Waals surface area contributed by atoms with Gasteiger partial charge in [0, 0.05) is 39.3 Å². The minimum atomic E-state index is 1.19. The maximum absolute atomic E-state index is 2.62. The molecule has 1 aliphatic rings. The molecule has 0 aliphatic carbocycles. The number of nitrogens with zero attached hydrogens (tertiary/aromatic N) is 3. The second-order valence-corrected chi connectivity index (χ2v) is 4.71. The van der Waals surface area contributed by atoms with Gasteiger partial charge in [0.05, 0.1) is 0 Å². The summed E-state index contributed by atoms with van der Waals surface area (Å²) in [5, 5.41) is 0. The Morgan fingerprint density at radius 1 is 0.625 bits per heavy atom. The Balaban J connectivity index is 2.47. The molecule has 0 unspecified atom stereocenters. The molecule has 0 amide bonds. The van der Waals surface area contributed by atoms with Gasteiger partial charge in [-0.15, -0.1) is 0 Å². The second kappa shape index (κ2) is 8.04. The molecular formula is C13H29N3. The van der Waals surface area contributed by atoms with Crippen LogP contribution in [0.2, 0.25) is 0 Å². The number of likely N-dealkylation sites (N-methyl/N-ethyl adjacent to an activating group) is 2. The molecule has 0 radical (unpaired) electrons. The maximum Gasteiger partial charge on any atom is 0.0110 e. The van der Waals surface area contributed by atoms with Crippen molar-refractivity contribution in [3.05, 3.63) is 0 Å². The third-order valence-electron chi connectivity index (χ3n) is 3.63. The van der Waals surface area contributed by atoms with Crippen molar-refractivity contribution in [2.24, 2.45) is 0 Å². The van der Waals surface area contributed by atoms with Crippen molar-refractivity contribution in [1.82, 2.24) is 14.7 Å². The zero-order valence-corrected chi connectivity index (χ0v) is 11.4. The number of hydrogen-bond acceptors (Lipinski definition) is 3. The van der Waals surface area contributed by atoms with Crippen LogP contribution < -0.4 is 0 Å². The van der Waals surface area contributed by atoms with E-state index in [2.05, 4.69) is 35.5 Å². The van der Waals surface area contributed by atoms with Crippen molar-refractivity contribution in [3.63, 3.8) is 0 Å². The molecule has 0 N–H and O–H groups in total. The summed E-state index contributed by atoms with van der Waals surface area (Å²) in [4.78, 5) is 7.78. The van der Waals surface area contributed by atoms with Crippen LogP contribution in [0.25, 0.3) is 0 Å². The summed E-state index contributed by atoms with van der Waals surface area (Å²) >= 11 is 0. The van der Waals surface area contributed by atoms with Gasteiger partial charge in [-0.2, -0.15) is 0 Å². The highest BCUT2D eigenvalue weighted by Gasteiger charge is 2.13. The molecule has 0 aromatic rings. The van der Waals surface area contributed by atoms with Crippen LogP contribution in [0.3, 0.4) is 0 Å². The van der Waals surface area contributed by atoms with E-state index in [0.29, 0.717) is 0 Å². The van der Waals surface area contributed by atoms with Crippen LogP contribution in [-0.2, 0) is 0 Å². The molecule has 1 fully saturated rings. The van der Waals surface area contributed by atoms with Gasteiger partial charge < -0.3 is 14.7 Å². The maximum atomic E-state index is 2.62. The summed E-state index contributed by atoms with van der Waals surface area (Å²) in [6.07, 6.45) is 1.28. The summed E-state index contributed by atoms with van der Waals surface area (Å²) < 4.78 is 0. The Bertz CT molecular complexity index is 157. The lowest BCUT2D eigenvalue weighted by Crippen LogP contribution is -2.36. The molecule has 96 valence electrons. The zero-order chi connectivity index (χ0) is 11.8. The predicted octanol–water partition coefficient (Wildman–Crippen LogP) is 1.36. The SMILES string of the molecule is CCCN1CCN(CC)CCN(CC)CC1. The zero-order valence-electron chi connectivity index (χ0n) is 11.4. The Labute approximate surface area is 101 Å². The standard InChI is InChI=1S/C13H29N3/c1-4-7-16-12-10-14(5-2)8-9-15(6-3)11-13-16/h4-13H2,1-3H3. The lowest BCUT2D eigenvalue weighted by atomic mass is 10.3. The van der Waals surface area contributed by atoms with Gasteiger partial charge >= 0.3 is 0 Å². The van der Waals surface area contributed by atoms with Crippen LogP contribution in [0, 0.1) is 0 Å². The molecule has 3 heteroatoms. The summed E-state index contributed by atoms with van der Waals surface area (Å²) in [6.45, 7) is 17.9. The van der Waals surface area contributed by atoms with Crippen LogP contribution in [0.1, 0.15) is 27.2 Å². The quantitative estimate of drug-likeness (QED) is 0.718. The van der Waals surface area contributed by atoms with Crippen molar-refractivity contribution >= 4 is 0 Å². The smallest absolute Gasteiger partial charge is 0.0110 e. The van der Waals surface area contributed by atoms with E-state index < -0.39 is 0 Å². The highest BCUT2D eigenvalue weighted by atomic mass is 15.3. The van der Waals surface area contributed by atoms with Gasteiger partial charge in [0.25, 0.3) is 0 Å². The van der Waals surface area contributed by atoms with E-state index in [1.54, 1.807) is 0 Å². The molecule has 0 saturated carbocycles. The Hall–Kier alpha value is -0.120. The summed E-state index contributed by atoms with van der Waals surface area (Å²) in [5.41, 5.74) is 0. The second-order valence-electron chi connectivity index (χ2n) is 4.71. The Morgan fingerprint density at radius 3 is 1.31 bits per heavy atom. The molecule has 1 aliphatic heterocycles. The third-order valence-corrected chi connectivity index (χ3v) is 3.63. The first-order chi connectivity index (χ1) is 7.80. The first-order valence-electron chi connectivity index (χ1n) is 6.97. The molecule has 0 atom stereocenters. The minimum absolute atomic E-state index is 1.19. The lowest BCUT2D eigenvalue weighted by molar-refractivity contribution is 0.223. The first-order valence-corrected chi connectivity index (χ1v) is 6.97. The molecule has 0 aromatic carbocycles. The fourth-order valence-electron chi connectivity index (χ4n) is 2.36. The summed E-state index contributed by atoms with van der Waals surface area (Å²) in [7, 11) is 0.